The lowest BCUT2D eigenvalue weighted by atomic mass is 9.86. The van der Waals surface area contributed by atoms with Crippen LogP contribution in [0.15, 0.2) is 36.5 Å². The van der Waals surface area contributed by atoms with Gasteiger partial charge in [0.15, 0.2) is 0 Å². The molecule has 0 aliphatic rings. The Morgan fingerprint density at radius 3 is 2.52 bits per heavy atom. The van der Waals surface area contributed by atoms with E-state index < -0.39 is 0 Å². The molecule has 2 aromatic rings. The molecule has 0 atom stereocenters. The lowest BCUT2D eigenvalue weighted by Gasteiger charge is -2.23. The lowest BCUT2D eigenvalue weighted by Crippen LogP contribution is -2.21. The third-order valence-electron chi connectivity index (χ3n) is 3.50. The van der Waals surface area contributed by atoms with Crippen LogP contribution in [0.3, 0.4) is 0 Å². The van der Waals surface area contributed by atoms with E-state index in [1.807, 2.05) is 12.1 Å². The molecule has 0 bridgehead atoms. The molecule has 0 fully saturated rings. The molecule has 1 aromatic heterocycles. The van der Waals surface area contributed by atoms with Gasteiger partial charge in [-0.2, -0.15) is 4.98 Å². The second-order valence-corrected chi connectivity index (χ2v) is 6.92. The van der Waals surface area contributed by atoms with E-state index >= 15 is 0 Å². The van der Waals surface area contributed by atoms with Crippen LogP contribution in [0.4, 0.5) is 17.5 Å². The van der Waals surface area contributed by atoms with Crippen molar-refractivity contribution in [1.29, 1.82) is 0 Å². The number of nitrogens with zero attached hydrogens (tertiary/aromatic N) is 3. The first kappa shape index (κ1) is 17.2. The Hall–Kier alpha value is -2.14. The van der Waals surface area contributed by atoms with Crippen molar-refractivity contribution >= 4 is 17.5 Å². The van der Waals surface area contributed by atoms with Gasteiger partial charge >= 0.3 is 0 Å². The molecule has 0 radical (unpaired) electrons. The molecule has 0 saturated heterocycles. The highest BCUT2D eigenvalue weighted by molar-refractivity contribution is 5.61. The third kappa shape index (κ3) is 5.21. The molecular weight excluding hydrogens is 286 g/mol. The number of rotatable bonds is 6. The molecule has 2 rings (SSSR count). The predicted octanol–water partition coefficient (Wildman–Crippen LogP) is 3.49. The summed E-state index contributed by atoms with van der Waals surface area (Å²) in [5.74, 6) is 1.44. The quantitative estimate of drug-likeness (QED) is 0.855. The van der Waals surface area contributed by atoms with Gasteiger partial charge in [0.2, 0.25) is 5.95 Å². The minimum Gasteiger partial charge on any atom is -0.369 e. The summed E-state index contributed by atoms with van der Waals surface area (Å²) in [6.07, 6.45) is 1.77. The second-order valence-electron chi connectivity index (χ2n) is 6.92. The van der Waals surface area contributed by atoms with Gasteiger partial charge in [0, 0.05) is 25.0 Å². The Kier molecular flexibility index (Phi) is 5.55. The molecule has 5 heteroatoms. The van der Waals surface area contributed by atoms with Gasteiger partial charge in [-0.25, -0.2) is 4.98 Å². The van der Waals surface area contributed by atoms with E-state index in [0.717, 1.165) is 24.6 Å². The summed E-state index contributed by atoms with van der Waals surface area (Å²) < 4.78 is 0. The second kappa shape index (κ2) is 7.42. The number of benzene rings is 1. The first-order valence-electron chi connectivity index (χ1n) is 7.94. The van der Waals surface area contributed by atoms with Crippen LogP contribution in [0.2, 0.25) is 0 Å². The topological polar surface area (TPSA) is 53.1 Å². The predicted molar refractivity (Wildman–Crippen MR) is 97.5 cm³/mol. The van der Waals surface area contributed by atoms with Crippen molar-refractivity contribution in [3.63, 3.8) is 0 Å². The van der Waals surface area contributed by atoms with Crippen LogP contribution in [0.5, 0.6) is 0 Å². The Morgan fingerprint density at radius 2 is 1.83 bits per heavy atom. The van der Waals surface area contributed by atoms with Crippen molar-refractivity contribution in [3.8, 4) is 0 Å². The summed E-state index contributed by atoms with van der Waals surface area (Å²) in [6.45, 7) is 8.41. The molecule has 0 unspecified atom stereocenters. The average molecular weight is 313 g/mol. The highest BCUT2D eigenvalue weighted by Crippen LogP contribution is 2.30. The lowest BCUT2D eigenvalue weighted by molar-refractivity contribution is 0.425. The molecule has 124 valence electrons. The normalized spacial score (nSPS) is 11.6. The van der Waals surface area contributed by atoms with Crippen LogP contribution >= 0.6 is 0 Å². The van der Waals surface area contributed by atoms with Gasteiger partial charge in [-0.15, -0.1) is 0 Å². The fraction of sp³-hybridized carbons (Fsp3) is 0.444. The van der Waals surface area contributed by atoms with E-state index in [2.05, 4.69) is 78.6 Å². The molecule has 5 nitrogen and oxygen atoms in total. The average Bonchev–Trinajstić information content (AvgIpc) is 2.47. The minimum absolute atomic E-state index is 0.0607. The Balaban J connectivity index is 2.12. The summed E-state index contributed by atoms with van der Waals surface area (Å²) in [5, 5.41) is 6.66. The zero-order valence-corrected chi connectivity index (χ0v) is 14.7. The van der Waals surface area contributed by atoms with Crippen LogP contribution in [0.25, 0.3) is 0 Å². The van der Waals surface area contributed by atoms with Crippen molar-refractivity contribution in [2.24, 2.45) is 0 Å². The number of likely N-dealkylation sites (N-methyl/N-ethyl adjacent to an activating group) is 1. The maximum absolute atomic E-state index is 4.54. The van der Waals surface area contributed by atoms with Crippen molar-refractivity contribution in [2.75, 3.05) is 37.8 Å². The van der Waals surface area contributed by atoms with Gasteiger partial charge in [-0.05, 0) is 37.2 Å². The summed E-state index contributed by atoms with van der Waals surface area (Å²) in [7, 11) is 4.11. The number of anilines is 3. The summed E-state index contributed by atoms with van der Waals surface area (Å²) in [4.78, 5) is 11.0. The standard InChI is InChI=1S/C18H27N5/c1-18(2,3)14-8-6-7-9-15(14)21-17-20-11-10-16(22-17)19-12-13-23(4)5/h6-11H,12-13H2,1-5H3,(H2,19,20,21,22). The Morgan fingerprint density at radius 1 is 1.09 bits per heavy atom. The van der Waals surface area contributed by atoms with Gasteiger partial charge in [0.1, 0.15) is 5.82 Å². The van der Waals surface area contributed by atoms with E-state index in [9.17, 15) is 0 Å². The SMILES string of the molecule is CN(C)CCNc1ccnc(Nc2ccccc2C(C)(C)C)n1. The summed E-state index contributed by atoms with van der Waals surface area (Å²) in [6, 6.07) is 10.2. The highest BCUT2D eigenvalue weighted by Gasteiger charge is 2.17. The zero-order valence-electron chi connectivity index (χ0n) is 14.7. The third-order valence-corrected chi connectivity index (χ3v) is 3.50. The van der Waals surface area contributed by atoms with Crippen LogP contribution in [0, 0.1) is 0 Å². The molecule has 23 heavy (non-hydrogen) atoms. The monoisotopic (exact) mass is 313 g/mol. The summed E-state index contributed by atoms with van der Waals surface area (Å²) >= 11 is 0. The molecule has 0 spiro atoms. The zero-order chi connectivity index (χ0) is 16.9. The molecule has 0 saturated carbocycles. The Bertz CT molecular complexity index is 631. The van der Waals surface area contributed by atoms with E-state index in [-0.39, 0.29) is 5.41 Å². The number of hydrogen-bond donors (Lipinski definition) is 2. The minimum atomic E-state index is 0.0607. The van der Waals surface area contributed by atoms with Crippen molar-refractivity contribution in [1.82, 2.24) is 14.9 Å². The van der Waals surface area contributed by atoms with E-state index in [4.69, 9.17) is 0 Å². The van der Waals surface area contributed by atoms with Crippen molar-refractivity contribution < 1.29 is 0 Å². The molecule has 1 heterocycles. The van der Waals surface area contributed by atoms with Crippen LogP contribution in [0.1, 0.15) is 26.3 Å². The van der Waals surface area contributed by atoms with Gasteiger partial charge in [-0.3, -0.25) is 0 Å². The summed E-state index contributed by atoms with van der Waals surface area (Å²) in [5.41, 5.74) is 2.35. The largest absolute Gasteiger partial charge is 0.369 e. The number of para-hydroxylation sites is 1. The van der Waals surface area contributed by atoms with Gasteiger partial charge in [0.25, 0.3) is 0 Å². The molecular formula is C18H27N5. The number of hydrogen-bond acceptors (Lipinski definition) is 5. The van der Waals surface area contributed by atoms with E-state index in [1.54, 1.807) is 6.20 Å². The van der Waals surface area contributed by atoms with E-state index in [0.29, 0.717) is 5.95 Å². The van der Waals surface area contributed by atoms with Crippen molar-refractivity contribution in [3.05, 3.63) is 42.1 Å². The first-order valence-corrected chi connectivity index (χ1v) is 7.94. The molecule has 0 amide bonds. The molecule has 1 aromatic carbocycles. The number of aromatic nitrogens is 2. The maximum atomic E-state index is 4.54. The van der Waals surface area contributed by atoms with E-state index in [1.165, 1.54) is 5.56 Å². The first-order chi connectivity index (χ1) is 10.9. The molecule has 2 N–H and O–H groups in total. The maximum Gasteiger partial charge on any atom is 0.229 e. The molecule has 0 aliphatic carbocycles. The smallest absolute Gasteiger partial charge is 0.229 e. The highest BCUT2D eigenvalue weighted by atomic mass is 15.2. The van der Waals surface area contributed by atoms with Crippen LogP contribution in [-0.4, -0.2) is 42.1 Å². The number of nitrogens with one attached hydrogen (secondary N) is 2. The van der Waals surface area contributed by atoms with Crippen LogP contribution in [-0.2, 0) is 5.41 Å². The van der Waals surface area contributed by atoms with Gasteiger partial charge in [0.05, 0.1) is 0 Å². The van der Waals surface area contributed by atoms with Crippen LogP contribution < -0.4 is 10.6 Å². The Labute approximate surface area is 139 Å². The fourth-order valence-electron chi connectivity index (χ4n) is 2.29. The van der Waals surface area contributed by atoms with Gasteiger partial charge in [-0.1, -0.05) is 39.0 Å². The fourth-order valence-corrected chi connectivity index (χ4v) is 2.29. The van der Waals surface area contributed by atoms with Gasteiger partial charge < -0.3 is 15.5 Å². The molecule has 0 aliphatic heterocycles. The van der Waals surface area contributed by atoms with Crippen molar-refractivity contribution in [2.45, 2.75) is 26.2 Å².